The highest BCUT2D eigenvalue weighted by molar-refractivity contribution is 5.86. The minimum atomic E-state index is -1.17. The molecule has 0 fully saturated rings. The molecule has 0 aliphatic carbocycles. The van der Waals surface area contributed by atoms with Gasteiger partial charge in [-0.1, -0.05) is 12.1 Å². The van der Waals surface area contributed by atoms with Crippen LogP contribution in [0.15, 0.2) is 36.4 Å². The standard InChI is InChI=1S/C31H43FN4O6/c1-18-13-23(38)14-19(2)27(18)24(16-36(29(41)42)30(4,5)6)28(40)35-31(7,8)17-33-26(39)15-25(34-20(3)37)21-9-11-22(32)12-10-21/h9-14,24-25,38H,15-17H2,1-8H3,(H,33,39)(H,34,37)(H,35,40)(H,41,42). The molecule has 0 bridgehead atoms. The first-order chi connectivity index (χ1) is 19.3. The number of carbonyl (C=O) groups excluding carboxylic acids is 3. The summed E-state index contributed by atoms with van der Waals surface area (Å²) in [7, 11) is 0. The first kappa shape index (κ1) is 34.1. The quantitative estimate of drug-likeness (QED) is 0.265. The average Bonchev–Trinajstić information content (AvgIpc) is 2.82. The van der Waals surface area contributed by atoms with Gasteiger partial charge in [-0.3, -0.25) is 14.4 Å². The molecule has 0 radical (unpaired) electrons. The molecule has 0 aromatic heterocycles. The Morgan fingerprint density at radius 1 is 0.976 bits per heavy atom. The number of phenolic OH excluding ortho intramolecular Hbond substituents is 1. The molecule has 2 atom stereocenters. The van der Waals surface area contributed by atoms with Crippen LogP contribution in [0.4, 0.5) is 9.18 Å². The SMILES string of the molecule is CC(=O)NC(CC(=O)NCC(C)(C)NC(=O)C(CN(C(=O)O)C(C)(C)C)c1c(C)cc(O)cc1C)c1ccc(F)cc1. The molecule has 0 spiro atoms. The van der Waals surface area contributed by atoms with E-state index < -0.39 is 46.8 Å². The van der Waals surface area contributed by atoms with E-state index in [4.69, 9.17) is 0 Å². The van der Waals surface area contributed by atoms with Crippen LogP contribution < -0.4 is 16.0 Å². The Morgan fingerprint density at radius 3 is 2.00 bits per heavy atom. The first-order valence-electron chi connectivity index (χ1n) is 13.7. The molecular weight excluding hydrogens is 543 g/mol. The third-order valence-corrected chi connectivity index (χ3v) is 6.88. The fraction of sp³-hybridized carbons (Fsp3) is 0.484. The summed E-state index contributed by atoms with van der Waals surface area (Å²) in [6, 6.07) is 7.88. The van der Waals surface area contributed by atoms with E-state index >= 15 is 0 Å². The van der Waals surface area contributed by atoms with Crippen LogP contribution in [-0.4, -0.2) is 63.1 Å². The molecule has 2 aromatic rings. The van der Waals surface area contributed by atoms with Gasteiger partial charge in [0.05, 0.1) is 23.9 Å². The number of aryl methyl sites for hydroxylation is 2. The number of amides is 4. The molecule has 0 saturated heterocycles. The lowest BCUT2D eigenvalue weighted by atomic mass is 9.87. The molecule has 2 unspecified atom stereocenters. The van der Waals surface area contributed by atoms with Gasteiger partial charge in [0.1, 0.15) is 11.6 Å². The van der Waals surface area contributed by atoms with E-state index in [-0.39, 0.29) is 31.2 Å². The summed E-state index contributed by atoms with van der Waals surface area (Å²) in [6.45, 7) is 13.4. The number of aromatic hydroxyl groups is 1. The Morgan fingerprint density at radius 2 is 1.52 bits per heavy atom. The van der Waals surface area contributed by atoms with Gasteiger partial charge in [-0.05, 0) is 95.0 Å². The zero-order valence-electron chi connectivity index (χ0n) is 25.6. The lowest BCUT2D eigenvalue weighted by Crippen LogP contribution is -2.55. The van der Waals surface area contributed by atoms with Gasteiger partial charge in [0.25, 0.3) is 0 Å². The largest absolute Gasteiger partial charge is 0.508 e. The second-order valence-corrected chi connectivity index (χ2v) is 12.3. The van der Waals surface area contributed by atoms with Crippen molar-refractivity contribution in [3.63, 3.8) is 0 Å². The fourth-order valence-electron chi connectivity index (χ4n) is 4.86. The number of phenols is 1. The summed E-state index contributed by atoms with van der Waals surface area (Å²) < 4.78 is 13.4. The van der Waals surface area contributed by atoms with Gasteiger partial charge in [-0.2, -0.15) is 0 Å². The lowest BCUT2D eigenvalue weighted by molar-refractivity contribution is -0.126. The second-order valence-electron chi connectivity index (χ2n) is 12.3. The zero-order valence-corrected chi connectivity index (χ0v) is 25.6. The Balaban J connectivity index is 2.24. The number of carboxylic acid groups (broad SMARTS) is 1. The van der Waals surface area contributed by atoms with Crippen molar-refractivity contribution in [3.05, 3.63) is 64.5 Å². The van der Waals surface area contributed by atoms with E-state index in [2.05, 4.69) is 16.0 Å². The minimum absolute atomic E-state index is 0.0377. The van der Waals surface area contributed by atoms with E-state index in [1.165, 1.54) is 48.2 Å². The van der Waals surface area contributed by atoms with E-state index in [9.17, 15) is 33.8 Å². The molecule has 2 aromatic carbocycles. The van der Waals surface area contributed by atoms with Crippen LogP contribution in [-0.2, 0) is 14.4 Å². The van der Waals surface area contributed by atoms with Crippen LogP contribution in [0, 0.1) is 19.7 Å². The maximum Gasteiger partial charge on any atom is 0.407 e. The van der Waals surface area contributed by atoms with Crippen molar-refractivity contribution in [1.82, 2.24) is 20.9 Å². The Kier molecular flexibility index (Phi) is 11.1. The molecule has 0 aliphatic rings. The number of nitrogens with one attached hydrogen (secondary N) is 3. The number of benzene rings is 2. The van der Waals surface area contributed by atoms with Crippen LogP contribution >= 0.6 is 0 Å². The van der Waals surface area contributed by atoms with Crippen molar-refractivity contribution in [2.24, 2.45) is 0 Å². The lowest BCUT2D eigenvalue weighted by Gasteiger charge is -2.37. The van der Waals surface area contributed by atoms with Gasteiger partial charge >= 0.3 is 6.09 Å². The van der Waals surface area contributed by atoms with E-state index in [1.54, 1.807) is 48.5 Å². The van der Waals surface area contributed by atoms with Crippen LogP contribution in [0.3, 0.4) is 0 Å². The van der Waals surface area contributed by atoms with Gasteiger partial charge in [-0.15, -0.1) is 0 Å². The van der Waals surface area contributed by atoms with E-state index in [0.29, 0.717) is 22.3 Å². The summed E-state index contributed by atoms with van der Waals surface area (Å²) in [4.78, 5) is 51.8. The first-order valence-corrected chi connectivity index (χ1v) is 13.7. The normalized spacial score (nSPS) is 13.1. The van der Waals surface area contributed by atoms with Crippen LogP contribution in [0.5, 0.6) is 5.75 Å². The molecule has 42 heavy (non-hydrogen) atoms. The maximum atomic E-state index is 13.8. The molecule has 230 valence electrons. The maximum absolute atomic E-state index is 13.8. The fourth-order valence-corrected chi connectivity index (χ4v) is 4.86. The topological polar surface area (TPSA) is 148 Å². The van der Waals surface area contributed by atoms with Gasteiger partial charge in [0.2, 0.25) is 17.7 Å². The van der Waals surface area contributed by atoms with Gasteiger partial charge < -0.3 is 31.1 Å². The molecule has 5 N–H and O–H groups in total. The molecule has 0 saturated carbocycles. The number of carbonyl (C=O) groups is 4. The number of rotatable bonds is 11. The third-order valence-electron chi connectivity index (χ3n) is 6.88. The Hall–Kier alpha value is -4.15. The average molecular weight is 587 g/mol. The van der Waals surface area contributed by atoms with E-state index in [1.807, 2.05) is 0 Å². The summed E-state index contributed by atoms with van der Waals surface area (Å²) in [5, 5.41) is 28.4. The zero-order chi connectivity index (χ0) is 32.0. The molecule has 0 heterocycles. The number of hydrogen-bond donors (Lipinski definition) is 5. The Labute approximate surface area is 246 Å². The highest BCUT2D eigenvalue weighted by Crippen LogP contribution is 2.31. The predicted octanol–water partition coefficient (Wildman–Crippen LogP) is 4.29. The molecular formula is C31H43FN4O6. The van der Waals surface area contributed by atoms with Crippen molar-refractivity contribution in [1.29, 1.82) is 0 Å². The van der Waals surface area contributed by atoms with Crippen molar-refractivity contribution in [2.45, 2.75) is 84.8 Å². The molecule has 11 heteroatoms. The molecule has 10 nitrogen and oxygen atoms in total. The summed E-state index contributed by atoms with van der Waals surface area (Å²) >= 11 is 0. The summed E-state index contributed by atoms with van der Waals surface area (Å²) in [5.74, 6) is -2.48. The highest BCUT2D eigenvalue weighted by Gasteiger charge is 2.36. The monoisotopic (exact) mass is 586 g/mol. The third kappa shape index (κ3) is 9.74. The van der Waals surface area contributed by atoms with Gasteiger partial charge in [0, 0.05) is 25.6 Å². The number of halogens is 1. The van der Waals surface area contributed by atoms with Crippen molar-refractivity contribution < 1.29 is 33.8 Å². The predicted molar refractivity (Wildman–Crippen MR) is 158 cm³/mol. The molecule has 0 aliphatic heterocycles. The summed E-state index contributed by atoms with van der Waals surface area (Å²) in [5.41, 5.74) is 0.725. The van der Waals surface area contributed by atoms with Crippen LogP contribution in [0.2, 0.25) is 0 Å². The highest BCUT2D eigenvalue weighted by atomic mass is 19.1. The van der Waals surface area contributed by atoms with Crippen molar-refractivity contribution in [2.75, 3.05) is 13.1 Å². The number of nitrogens with zero attached hydrogens (tertiary/aromatic N) is 1. The van der Waals surface area contributed by atoms with Crippen molar-refractivity contribution in [3.8, 4) is 5.75 Å². The smallest absolute Gasteiger partial charge is 0.407 e. The second kappa shape index (κ2) is 13.7. The van der Waals surface area contributed by atoms with Crippen molar-refractivity contribution >= 4 is 23.8 Å². The summed E-state index contributed by atoms with van der Waals surface area (Å²) in [6.07, 6.45) is -1.28. The molecule has 4 amide bonds. The molecule has 2 rings (SSSR count). The van der Waals surface area contributed by atoms with Gasteiger partial charge in [-0.25, -0.2) is 9.18 Å². The minimum Gasteiger partial charge on any atom is -0.508 e. The van der Waals surface area contributed by atoms with E-state index in [0.717, 1.165) is 0 Å². The Bertz CT molecular complexity index is 1280. The van der Waals surface area contributed by atoms with Crippen LogP contribution in [0.25, 0.3) is 0 Å². The number of hydrogen-bond acceptors (Lipinski definition) is 5. The van der Waals surface area contributed by atoms with Crippen LogP contribution in [0.1, 0.15) is 82.2 Å². The van der Waals surface area contributed by atoms with Gasteiger partial charge in [0.15, 0.2) is 0 Å².